The molecule has 6 heteroatoms. The van der Waals surface area contributed by atoms with Crippen LogP contribution in [0.1, 0.15) is 38.1 Å². The van der Waals surface area contributed by atoms with E-state index in [9.17, 15) is 9.59 Å². The Balaban J connectivity index is 2.38. The minimum absolute atomic E-state index is 0.0949. The molecule has 1 saturated carbocycles. The van der Waals surface area contributed by atoms with E-state index in [0.29, 0.717) is 22.7 Å². The molecule has 0 bridgehead atoms. The first-order valence-electron chi connectivity index (χ1n) is 8.98. The van der Waals surface area contributed by atoms with Gasteiger partial charge in [0.25, 0.3) is 5.91 Å². The molecule has 0 aliphatic heterocycles. The van der Waals surface area contributed by atoms with Crippen molar-refractivity contribution in [3.05, 3.63) is 29.3 Å². The number of methoxy groups -OCH3 is 2. The van der Waals surface area contributed by atoms with Crippen LogP contribution < -0.4 is 14.8 Å². The summed E-state index contributed by atoms with van der Waals surface area (Å²) in [7, 11) is 6.36. The average molecular weight is 374 g/mol. The molecule has 0 spiro atoms. The van der Waals surface area contributed by atoms with E-state index in [1.54, 1.807) is 26.2 Å². The number of anilines is 1. The highest BCUT2D eigenvalue weighted by Crippen LogP contribution is 2.59. The number of amides is 2. The number of carbonyl (C=O) groups excluding carboxylic acids is 2. The molecule has 1 aromatic rings. The Morgan fingerprint density at radius 1 is 1.11 bits per heavy atom. The third-order valence-corrected chi connectivity index (χ3v) is 5.12. The second-order valence-electron chi connectivity index (χ2n) is 8.01. The van der Waals surface area contributed by atoms with Crippen LogP contribution in [0.2, 0.25) is 0 Å². The summed E-state index contributed by atoms with van der Waals surface area (Å²) in [6.07, 6.45) is 2.14. The van der Waals surface area contributed by atoms with Gasteiger partial charge in [0.05, 0.1) is 31.4 Å². The number of hydrogen-bond acceptors (Lipinski definition) is 4. The zero-order valence-electron chi connectivity index (χ0n) is 17.5. The third-order valence-electron chi connectivity index (χ3n) is 5.12. The first-order valence-corrected chi connectivity index (χ1v) is 8.98. The van der Waals surface area contributed by atoms with E-state index in [0.717, 1.165) is 0 Å². The number of nitrogens with one attached hydrogen (secondary N) is 1. The van der Waals surface area contributed by atoms with Gasteiger partial charge in [-0.05, 0) is 31.2 Å². The Morgan fingerprint density at radius 3 is 2.15 bits per heavy atom. The molecule has 6 nitrogen and oxygen atoms in total. The molecule has 2 atom stereocenters. The number of carbonyl (C=O) groups is 2. The summed E-state index contributed by atoms with van der Waals surface area (Å²) >= 11 is 0. The Bertz CT molecular complexity index is 777. The van der Waals surface area contributed by atoms with E-state index in [-0.39, 0.29) is 29.1 Å². The van der Waals surface area contributed by atoms with Crippen LogP contribution in [0.4, 0.5) is 5.69 Å². The van der Waals surface area contributed by atoms with E-state index in [4.69, 9.17) is 9.47 Å². The number of benzene rings is 1. The maximum Gasteiger partial charge on any atom is 0.255 e. The van der Waals surface area contributed by atoms with Gasteiger partial charge in [-0.25, -0.2) is 0 Å². The molecule has 1 fully saturated rings. The Labute approximate surface area is 161 Å². The van der Waals surface area contributed by atoms with Crippen molar-refractivity contribution >= 4 is 17.5 Å². The van der Waals surface area contributed by atoms with Crippen molar-refractivity contribution in [2.45, 2.75) is 27.7 Å². The van der Waals surface area contributed by atoms with Crippen LogP contribution >= 0.6 is 0 Å². The average Bonchev–Trinajstić information content (AvgIpc) is 3.12. The molecule has 2 rings (SSSR count). The van der Waals surface area contributed by atoms with Gasteiger partial charge in [-0.2, -0.15) is 0 Å². The van der Waals surface area contributed by atoms with Crippen LogP contribution in [-0.2, 0) is 4.79 Å². The maximum absolute atomic E-state index is 12.9. The largest absolute Gasteiger partial charge is 0.493 e. The molecular weight excluding hydrogens is 344 g/mol. The number of allylic oxidation sites excluding steroid dienone is 2. The summed E-state index contributed by atoms with van der Waals surface area (Å²) < 4.78 is 10.6. The highest BCUT2D eigenvalue weighted by atomic mass is 16.5. The molecule has 0 radical (unpaired) electrons. The fourth-order valence-electron chi connectivity index (χ4n) is 3.46. The molecule has 148 valence electrons. The Kier molecular flexibility index (Phi) is 5.88. The Morgan fingerprint density at radius 2 is 1.67 bits per heavy atom. The molecule has 1 aliphatic rings. The molecule has 0 unspecified atom stereocenters. The lowest BCUT2D eigenvalue weighted by Crippen LogP contribution is -2.25. The summed E-state index contributed by atoms with van der Waals surface area (Å²) in [4.78, 5) is 27.0. The lowest BCUT2D eigenvalue weighted by molar-refractivity contribution is -0.118. The summed E-state index contributed by atoms with van der Waals surface area (Å²) in [5.74, 6) is 0.636. The fraction of sp³-hybridized carbons (Fsp3) is 0.524. The summed E-state index contributed by atoms with van der Waals surface area (Å²) in [5, 5.41) is 2.94. The molecule has 27 heavy (non-hydrogen) atoms. The SMILES string of the molecule is COc1cc(NC(=O)[C@H]2[C@@H](C=C(C)C)C2(C)C)c(C(=O)N(C)C)cc1OC. The van der Waals surface area contributed by atoms with Gasteiger partial charge in [0.2, 0.25) is 5.91 Å². The van der Waals surface area contributed by atoms with Crippen LogP contribution in [0.5, 0.6) is 11.5 Å². The monoisotopic (exact) mass is 374 g/mol. The summed E-state index contributed by atoms with van der Waals surface area (Å²) in [5.41, 5.74) is 1.88. The van der Waals surface area contributed by atoms with Crippen LogP contribution in [0, 0.1) is 17.3 Å². The second kappa shape index (κ2) is 7.62. The van der Waals surface area contributed by atoms with Crippen molar-refractivity contribution in [1.29, 1.82) is 0 Å². The van der Waals surface area contributed by atoms with Gasteiger partial charge in [0, 0.05) is 20.2 Å². The van der Waals surface area contributed by atoms with Crippen molar-refractivity contribution in [2.75, 3.05) is 33.6 Å². The maximum atomic E-state index is 12.9. The van der Waals surface area contributed by atoms with E-state index < -0.39 is 0 Å². The van der Waals surface area contributed by atoms with Crippen molar-refractivity contribution in [2.24, 2.45) is 17.3 Å². The molecule has 1 aromatic carbocycles. The minimum Gasteiger partial charge on any atom is -0.493 e. The van der Waals surface area contributed by atoms with Gasteiger partial charge < -0.3 is 19.7 Å². The van der Waals surface area contributed by atoms with E-state index >= 15 is 0 Å². The first-order chi connectivity index (χ1) is 12.5. The predicted molar refractivity (Wildman–Crippen MR) is 106 cm³/mol. The fourth-order valence-corrected chi connectivity index (χ4v) is 3.46. The number of rotatable bonds is 6. The standard InChI is InChI=1S/C21H30N2O4/c1-12(2)9-14-18(21(14,3)4)19(24)22-15-11-17(27-8)16(26-7)10-13(15)20(25)23(5)6/h9-11,14,18H,1-8H3,(H,22,24)/t14-,18-/m1/s1. The smallest absolute Gasteiger partial charge is 0.255 e. The lowest BCUT2D eigenvalue weighted by atomic mass is 10.1. The zero-order chi connectivity index (χ0) is 20.5. The van der Waals surface area contributed by atoms with E-state index in [1.807, 2.05) is 13.8 Å². The molecule has 1 aliphatic carbocycles. The van der Waals surface area contributed by atoms with Gasteiger partial charge in [-0.1, -0.05) is 25.5 Å². The normalized spacial score (nSPS) is 19.7. The minimum atomic E-state index is -0.220. The van der Waals surface area contributed by atoms with Gasteiger partial charge >= 0.3 is 0 Å². The van der Waals surface area contributed by atoms with E-state index in [2.05, 4.69) is 25.2 Å². The number of ether oxygens (including phenoxy) is 2. The van der Waals surface area contributed by atoms with Gasteiger partial charge in [0.15, 0.2) is 11.5 Å². The lowest BCUT2D eigenvalue weighted by Gasteiger charge is -2.18. The Hall–Kier alpha value is -2.50. The highest BCUT2D eigenvalue weighted by molar-refractivity contribution is 6.05. The molecule has 2 amide bonds. The summed E-state index contributed by atoms with van der Waals surface area (Å²) in [6, 6.07) is 3.24. The van der Waals surface area contributed by atoms with Crippen molar-refractivity contribution < 1.29 is 19.1 Å². The number of nitrogens with zero attached hydrogens (tertiary/aromatic N) is 1. The predicted octanol–water partition coefficient (Wildman–Crippen LogP) is 3.58. The van der Waals surface area contributed by atoms with Crippen LogP contribution in [-0.4, -0.2) is 45.0 Å². The number of hydrogen-bond donors (Lipinski definition) is 1. The summed E-state index contributed by atoms with van der Waals surface area (Å²) in [6.45, 7) is 8.24. The topological polar surface area (TPSA) is 67.9 Å². The first kappa shape index (κ1) is 20.8. The van der Waals surface area contributed by atoms with Crippen LogP contribution in [0.25, 0.3) is 0 Å². The van der Waals surface area contributed by atoms with Gasteiger partial charge in [-0.15, -0.1) is 0 Å². The van der Waals surface area contributed by atoms with Crippen molar-refractivity contribution in [1.82, 2.24) is 4.90 Å². The van der Waals surface area contributed by atoms with E-state index in [1.165, 1.54) is 24.7 Å². The van der Waals surface area contributed by atoms with Crippen LogP contribution in [0.3, 0.4) is 0 Å². The molecule has 0 heterocycles. The highest BCUT2D eigenvalue weighted by Gasteiger charge is 2.60. The van der Waals surface area contributed by atoms with Gasteiger partial charge in [0.1, 0.15) is 0 Å². The quantitative estimate of drug-likeness (QED) is 0.773. The molecule has 0 saturated heterocycles. The van der Waals surface area contributed by atoms with Crippen molar-refractivity contribution in [3.63, 3.8) is 0 Å². The van der Waals surface area contributed by atoms with Crippen LogP contribution in [0.15, 0.2) is 23.8 Å². The van der Waals surface area contributed by atoms with Crippen molar-refractivity contribution in [3.8, 4) is 11.5 Å². The second-order valence-corrected chi connectivity index (χ2v) is 8.01. The molecule has 0 aromatic heterocycles. The van der Waals surface area contributed by atoms with Gasteiger partial charge in [-0.3, -0.25) is 9.59 Å². The third kappa shape index (κ3) is 4.10. The zero-order valence-corrected chi connectivity index (χ0v) is 17.5. The molecular formula is C21H30N2O4. The molecule has 1 N–H and O–H groups in total.